The van der Waals surface area contributed by atoms with Gasteiger partial charge in [0.2, 0.25) is 5.91 Å². The highest BCUT2D eigenvalue weighted by Crippen LogP contribution is 2.37. The lowest BCUT2D eigenvalue weighted by Gasteiger charge is -2.33. The van der Waals surface area contributed by atoms with Crippen molar-refractivity contribution in [1.82, 2.24) is 0 Å². The van der Waals surface area contributed by atoms with Crippen molar-refractivity contribution in [3.8, 4) is 5.75 Å². The SMILES string of the molecule is CC1Oc2cc(NC(=O)C3CCCCC3)ccc2N(Cc2ccccc2)C1=O. The molecular weight excluding hydrogens is 352 g/mol. The fourth-order valence-corrected chi connectivity index (χ4v) is 4.03. The number of ether oxygens (including phenoxy) is 1. The number of amides is 2. The predicted octanol–water partition coefficient (Wildman–Crippen LogP) is 4.52. The highest BCUT2D eigenvalue weighted by atomic mass is 16.5. The Morgan fingerprint density at radius 2 is 1.86 bits per heavy atom. The molecule has 1 N–H and O–H groups in total. The number of benzene rings is 2. The van der Waals surface area contributed by atoms with Gasteiger partial charge < -0.3 is 15.0 Å². The molecule has 1 unspecified atom stereocenters. The molecule has 1 saturated carbocycles. The van der Waals surface area contributed by atoms with E-state index in [9.17, 15) is 9.59 Å². The zero-order valence-electron chi connectivity index (χ0n) is 16.2. The number of nitrogens with one attached hydrogen (secondary N) is 1. The van der Waals surface area contributed by atoms with Crippen LogP contribution in [0.4, 0.5) is 11.4 Å². The van der Waals surface area contributed by atoms with Crippen molar-refractivity contribution in [2.75, 3.05) is 10.2 Å². The van der Waals surface area contributed by atoms with Gasteiger partial charge in [-0.2, -0.15) is 0 Å². The summed E-state index contributed by atoms with van der Waals surface area (Å²) in [6.45, 7) is 2.25. The van der Waals surface area contributed by atoms with Gasteiger partial charge in [-0.15, -0.1) is 0 Å². The maximum Gasteiger partial charge on any atom is 0.268 e. The van der Waals surface area contributed by atoms with E-state index in [2.05, 4.69) is 5.32 Å². The monoisotopic (exact) mass is 378 g/mol. The van der Waals surface area contributed by atoms with E-state index in [-0.39, 0.29) is 17.7 Å². The van der Waals surface area contributed by atoms with E-state index < -0.39 is 6.10 Å². The molecule has 0 aromatic heterocycles. The molecule has 28 heavy (non-hydrogen) atoms. The Morgan fingerprint density at radius 3 is 2.61 bits per heavy atom. The molecule has 5 nitrogen and oxygen atoms in total. The van der Waals surface area contributed by atoms with Gasteiger partial charge in [0.1, 0.15) is 5.75 Å². The minimum atomic E-state index is -0.555. The van der Waals surface area contributed by atoms with Gasteiger partial charge in [-0.05, 0) is 37.5 Å². The van der Waals surface area contributed by atoms with E-state index in [0.29, 0.717) is 12.3 Å². The Morgan fingerprint density at radius 1 is 1.11 bits per heavy atom. The van der Waals surface area contributed by atoms with E-state index >= 15 is 0 Å². The van der Waals surface area contributed by atoms with Gasteiger partial charge in [-0.25, -0.2) is 0 Å². The van der Waals surface area contributed by atoms with E-state index in [1.165, 1.54) is 6.42 Å². The molecule has 1 fully saturated rings. The molecule has 0 spiro atoms. The number of nitrogens with zero attached hydrogens (tertiary/aromatic N) is 1. The lowest BCUT2D eigenvalue weighted by molar-refractivity contribution is -0.125. The van der Waals surface area contributed by atoms with Crippen LogP contribution in [0.15, 0.2) is 48.5 Å². The standard InChI is InChI=1S/C23H26N2O3/c1-16-23(27)25(15-17-8-4-2-5-9-17)20-13-12-19(14-21(20)28-16)24-22(26)18-10-6-3-7-11-18/h2,4-5,8-9,12-14,16,18H,3,6-7,10-11,15H2,1H3,(H,24,26). The van der Waals surface area contributed by atoms with Gasteiger partial charge in [0.25, 0.3) is 5.91 Å². The van der Waals surface area contributed by atoms with Crippen LogP contribution >= 0.6 is 0 Å². The summed E-state index contributed by atoms with van der Waals surface area (Å²) in [5, 5.41) is 3.03. The van der Waals surface area contributed by atoms with E-state index in [0.717, 1.165) is 42.6 Å². The van der Waals surface area contributed by atoms with Crippen LogP contribution in [0.3, 0.4) is 0 Å². The third-order valence-electron chi connectivity index (χ3n) is 5.60. The smallest absolute Gasteiger partial charge is 0.268 e. The van der Waals surface area contributed by atoms with E-state index in [4.69, 9.17) is 4.74 Å². The van der Waals surface area contributed by atoms with E-state index in [1.807, 2.05) is 48.5 Å². The number of rotatable bonds is 4. The second-order valence-corrected chi connectivity index (χ2v) is 7.68. The lowest BCUT2D eigenvalue weighted by Crippen LogP contribution is -2.44. The summed E-state index contributed by atoms with van der Waals surface area (Å²) in [7, 11) is 0. The lowest BCUT2D eigenvalue weighted by atomic mass is 9.88. The summed E-state index contributed by atoms with van der Waals surface area (Å²) in [5.74, 6) is 0.751. The van der Waals surface area contributed by atoms with Crippen LogP contribution < -0.4 is 15.0 Å². The minimum absolute atomic E-state index is 0.0599. The Labute approximate surface area is 165 Å². The first kappa shape index (κ1) is 18.5. The first-order valence-electron chi connectivity index (χ1n) is 10.1. The second-order valence-electron chi connectivity index (χ2n) is 7.68. The number of carbonyl (C=O) groups is 2. The Bertz CT molecular complexity index is 859. The van der Waals surface area contributed by atoms with Gasteiger partial charge in [-0.1, -0.05) is 49.6 Å². The average molecular weight is 378 g/mol. The second kappa shape index (κ2) is 8.05. The van der Waals surface area contributed by atoms with Crippen molar-refractivity contribution in [1.29, 1.82) is 0 Å². The summed E-state index contributed by atoms with van der Waals surface area (Å²) in [6.07, 6.45) is 4.84. The Hall–Kier alpha value is -2.82. The number of anilines is 2. The van der Waals surface area contributed by atoms with Gasteiger partial charge in [0, 0.05) is 17.7 Å². The van der Waals surface area contributed by atoms with E-state index in [1.54, 1.807) is 11.8 Å². The molecular formula is C23H26N2O3. The average Bonchev–Trinajstić information content (AvgIpc) is 2.72. The summed E-state index contributed by atoms with van der Waals surface area (Å²) >= 11 is 0. The molecule has 1 aliphatic heterocycles. The predicted molar refractivity (Wildman–Crippen MR) is 109 cm³/mol. The largest absolute Gasteiger partial charge is 0.479 e. The number of hydrogen-bond acceptors (Lipinski definition) is 3. The fraction of sp³-hybridized carbons (Fsp3) is 0.391. The van der Waals surface area contributed by atoms with Crippen molar-refractivity contribution in [3.63, 3.8) is 0 Å². The number of fused-ring (bicyclic) bond motifs is 1. The molecule has 1 aliphatic carbocycles. The first-order chi connectivity index (χ1) is 13.6. The number of carbonyl (C=O) groups excluding carboxylic acids is 2. The Balaban J connectivity index is 1.54. The van der Waals surface area contributed by atoms with Gasteiger partial charge in [0.15, 0.2) is 6.10 Å². The highest BCUT2D eigenvalue weighted by molar-refractivity contribution is 6.00. The minimum Gasteiger partial charge on any atom is -0.479 e. The van der Waals surface area contributed by atoms with Crippen LogP contribution in [0.1, 0.15) is 44.6 Å². The van der Waals surface area contributed by atoms with Crippen molar-refractivity contribution < 1.29 is 14.3 Å². The molecule has 0 saturated heterocycles. The quantitative estimate of drug-likeness (QED) is 0.851. The van der Waals surface area contributed by atoms with Crippen LogP contribution in [-0.2, 0) is 16.1 Å². The molecule has 0 bridgehead atoms. The van der Waals surface area contributed by atoms with Crippen molar-refractivity contribution in [2.45, 2.75) is 51.7 Å². The third kappa shape index (κ3) is 3.88. The first-order valence-corrected chi connectivity index (χ1v) is 10.1. The maximum atomic E-state index is 12.7. The van der Waals surface area contributed by atoms with Crippen LogP contribution in [0.25, 0.3) is 0 Å². The summed E-state index contributed by atoms with van der Waals surface area (Å²) in [4.78, 5) is 27.0. The molecule has 146 valence electrons. The third-order valence-corrected chi connectivity index (χ3v) is 5.60. The number of hydrogen-bond donors (Lipinski definition) is 1. The summed E-state index contributed by atoms with van der Waals surface area (Å²) in [6, 6.07) is 15.4. The molecule has 2 amide bonds. The van der Waals surface area contributed by atoms with Crippen LogP contribution in [0.2, 0.25) is 0 Å². The molecule has 2 aromatic rings. The van der Waals surface area contributed by atoms with Gasteiger partial charge >= 0.3 is 0 Å². The molecule has 2 aromatic carbocycles. The van der Waals surface area contributed by atoms with Crippen molar-refractivity contribution >= 4 is 23.2 Å². The highest BCUT2D eigenvalue weighted by Gasteiger charge is 2.32. The summed E-state index contributed by atoms with van der Waals surface area (Å²) in [5.41, 5.74) is 2.52. The topological polar surface area (TPSA) is 58.6 Å². The summed E-state index contributed by atoms with van der Waals surface area (Å²) < 4.78 is 5.84. The zero-order valence-corrected chi connectivity index (χ0v) is 16.2. The molecule has 4 rings (SSSR count). The molecule has 5 heteroatoms. The maximum absolute atomic E-state index is 12.7. The van der Waals surface area contributed by atoms with Gasteiger partial charge in [0.05, 0.1) is 12.2 Å². The van der Waals surface area contributed by atoms with Crippen LogP contribution in [0, 0.1) is 5.92 Å². The molecule has 2 aliphatic rings. The fourth-order valence-electron chi connectivity index (χ4n) is 4.03. The molecule has 1 heterocycles. The molecule has 1 atom stereocenters. The normalized spacial score (nSPS) is 19.7. The van der Waals surface area contributed by atoms with Crippen LogP contribution in [-0.4, -0.2) is 17.9 Å². The van der Waals surface area contributed by atoms with Crippen molar-refractivity contribution in [2.24, 2.45) is 5.92 Å². The zero-order chi connectivity index (χ0) is 19.5. The molecule has 0 radical (unpaired) electrons. The van der Waals surface area contributed by atoms with Crippen LogP contribution in [0.5, 0.6) is 5.75 Å². The van der Waals surface area contributed by atoms with Crippen molar-refractivity contribution in [3.05, 3.63) is 54.1 Å². The Kier molecular flexibility index (Phi) is 5.33. The van der Waals surface area contributed by atoms with Gasteiger partial charge in [-0.3, -0.25) is 9.59 Å².